The lowest BCUT2D eigenvalue weighted by molar-refractivity contribution is -0.125. The quantitative estimate of drug-likeness (QED) is 0.659. The van der Waals surface area contributed by atoms with Crippen LogP contribution in [0.15, 0.2) is 24.3 Å². The van der Waals surface area contributed by atoms with Crippen LogP contribution in [0.5, 0.6) is 0 Å². The van der Waals surface area contributed by atoms with Gasteiger partial charge in [-0.25, -0.2) is 4.79 Å². The fourth-order valence-electron chi connectivity index (χ4n) is 1.77. The van der Waals surface area contributed by atoms with E-state index in [2.05, 4.69) is 10.6 Å². The average Bonchev–Trinajstić information content (AvgIpc) is 2.75. The third kappa shape index (κ3) is 3.55. The molecule has 1 fully saturated rings. The fraction of sp³-hybridized carbons (Fsp3) is 0.308. The van der Waals surface area contributed by atoms with Crippen LogP contribution >= 0.6 is 0 Å². The Kier molecular flexibility index (Phi) is 4.31. The number of amides is 3. The zero-order valence-corrected chi connectivity index (χ0v) is 10.7. The lowest BCUT2D eigenvalue weighted by atomic mass is 10.1. The zero-order chi connectivity index (χ0) is 14.5. The third-order valence-electron chi connectivity index (χ3n) is 2.89. The Balaban J connectivity index is 1.80. The lowest BCUT2D eigenvalue weighted by Crippen LogP contribution is -2.40. The first kappa shape index (κ1) is 14.0. The van der Waals surface area contributed by atoms with E-state index < -0.39 is 23.9 Å². The molecule has 0 bridgehead atoms. The summed E-state index contributed by atoms with van der Waals surface area (Å²) in [5.74, 6) is -0.920. The molecule has 1 aromatic carbocycles. The van der Waals surface area contributed by atoms with E-state index in [0.29, 0.717) is 6.54 Å². The zero-order valence-electron chi connectivity index (χ0n) is 10.7. The Bertz CT molecular complexity index is 527. The van der Waals surface area contributed by atoms with Crippen molar-refractivity contribution in [2.75, 3.05) is 0 Å². The summed E-state index contributed by atoms with van der Waals surface area (Å²) in [5.41, 5.74) is 7.27. The van der Waals surface area contributed by atoms with Gasteiger partial charge in [-0.1, -0.05) is 24.3 Å². The number of imide groups is 1. The van der Waals surface area contributed by atoms with E-state index in [1.807, 2.05) is 12.1 Å². The summed E-state index contributed by atoms with van der Waals surface area (Å²) in [4.78, 5) is 33.7. The molecule has 1 saturated heterocycles. The van der Waals surface area contributed by atoms with Crippen LogP contribution in [0.4, 0.5) is 4.79 Å². The number of hydrogen-bond donors (Lipinski definition) is 3. The molecule has 4 N–H and O–H groups in total. The van der Waals surface area contributed by atoms with Crippen LogP contribution in [0.25, 0.3) is 0 Å². The summed E-state index contributed by atoms with van der Waals surface area (Å²) in [6.45, 7) is 0.533. The van der Waals surface area contributed by atoms with Crippen LogP contribution in [-0.4, -0.2) is 23.9 Å². The number of carbonyl (C=O) groups excluding carboxylic acids is 3. The Hall–Kier alpha value is -2.41. The maximum atomic E-state index is 11.5. The number of carbonyl (C=O) groups is 3. The van der Waals surface area contributed by atoms with Crippen molar-refractivity contribution in [3.63, 3.8) is 0 Å². The van der Waals surface area contributed by atoms with Crippen LogP contribution in [0.1, 0.15) is 17.5 Å². The van der Waals surface area contributed by atoms with Gasteiger partial charge in [-0.3, -0.25) is 14.9 Å². The monoisotopic (exact) mass is 277 g/mol. The van der Waals surface area contributed by atoms with Gasteiger partial charge in [-0.15, -0.1) is 0 Å². The molecule has 0 aromatic heterocycles. The van der Waals surface area contributed by atoms with E-state index in [1.165, 1.54) is 0 Å². The molecule has 1 unspecified atom stereocenters. The Morgan fingerprint density at radius 2 is 1.95 bits per heavy atom. The SMILES string of the molecule is NCc1ccc(COC(=O)NC2CC(=O)NC2=O)cc1. The topological polar surface area (TPSA) is 111 Å². The van der Waals surface area contributed by atoms with E-state index in [9.17, 15) is 14.4 Å². The van der Waals surface area contributed by atoms with Crippen molar-refractivity contribution in [3.05, 3.63) is 35.4 Å². The summed E-state index contributed by atoms with van der Waals surface area (Å²) >= 11 is 0. The highest BCUT2D eigenvalue weighted by Crippen LogP contribution is 2.06. The van der Waals surface area contributed by atoms with Crippen molar-refractivity contribution < 1.29 is 19.1 Å². The number of alkyl carbamates (subject to hydrolysis) is 1. The van der Waals surface area contributed by atoms with Crippen LogP contribution in [0.3, 0.4) is 0 Å². The molecule has 0 spiro atoms. The number of nitrogens with two attached hydrogens (primary N) is 1. The minimum atomic E-state index is -0.852. The van der Waals surface area contributed by atoms with Crippen molar-refractivity contribution in [2.24, 2.45) is 5.73 Å². The molecule has 1 aromatic rings. The predicted octanol–water partition coefficient (Wildman–Crippen LogP) is -0.213. The first-order chi connectivity index (χ1) is 9.58. The molecule has 106 valence electrons. The number of hydrogen-bond acceptors (Lipinski definition) is 5. The van der Waals surface area contributed by atoms with Gasteiger partial charge < -0.3 is 15.8 Å². The molecule has 3 amide bonds. The van der Waals surface area contributed by atoms with Crippen LogP contribution in [0.2, 0.25) is 0 Å². The van der Waals surface area contributed by atoms with Gasteiger partial charge in [-0.05, 0) is 11.1 Å². The Morgan fingerprint density at radius 3 is 2.50 bits per heavy atom. The summed E-state index contributed by atoms with van der Waals surface area (Å²) in [6, 6.07) is 6.46. The van der Waals surface area contributed by atoms with E-state index in [1.54, 1.807) is 12.1 Å². The van der Waals surface area contributed by atoms with Gasteiger partial charge in [0.1, 0.15) is 12.6 Å². The second-order valence-corrected chi connectivity index (χ2v) is 4.41. The van der Waals surface area contributed by atoms with Crippen LogP contribution in [-0.2, 0) is 27.5 Å². The molecule has 7 nitrogen and oxygen atoms in total. The number of nitrogens with one attached hydrogen (secondary N) is 2. The minimum Gasteiger partial charge on any atom is -0.445 e. The van der Waals surface area contributed by atoms with Gasteiger partial charge in [-0.2, -0.15) is 0 Å². The maximum absolute atomic E-state index is 11.5. The van der Waals surface area contributed by atoms with Gasteiger partial charge in [0, 0.05) is 6.54 Å². The van der Waals surface area contributed by atoms with Crippen molar-refractivity contribution in [2.45, 2.75) is 25.6 Å². The summed E-state index contributed by atoms with van der Waals surface area (Å²) in [5, 5.41) is 4.44. The highest BCUT2D eigenvalue weighted by atomic mass is 16.5. The molecule has 1 atom stereocenters. The number of benzene rings is 1. The molecule has 0 radical (unpaired) electrons. The largest absolute Gasteiger partial charge is 0.445 e. The van der Waals surface area contributed by atoms with Crippen molar-refractivity contribution in [1.29, 1.82) is 0 Å². The van der Waals surface area contributed by atoms with Gasteiger partial charge in [0.2, 0.25) is 11.8 Å². The Labute approximate surface area is 115 Å². The molecule has 0 saturated carbocycles. The smallest absolute Gasteiger partial charge is 0.408 e. The van der Waals surface area contributed by atoms with Crippen molar-refractivity contribution in [1.82, 2.24) is 10.6 Å². The van der Waals surface area contributed by atoms with E-state index in [4.69, 9.17) is 10.5 Å². The molecule has 1 aliphatic rings. The molecule has 2 rings (SSSR count). The van der Waals surface area contributed by atoms with E-state index in [0.717, 1.165) is 11.1 Å². The van der Waals surface area contributed by atoms with E-state index >= 15 is 0 Å². The first-order valence-electron chi connectivity index (χ1n) is 6.13. The minimum absolute atomic E-state index is 0.0564. The first-order valence-corrected chi connectivity index (χ1v) is 6.13. The predicted molar refractivity (Wildman–Crippen MR) is 69.2 cm³/mol. The standard InChI is InChI=1S/C13H15N3O4/c14-6-8-1-3-9(4-2-8)7-20-13(19)15-10-5-11(17)16-12(10)18/h1-4,10H,5-7,14H2,(H,15,19)(H,16,17,18). The molecule has 20 heavy (non-hydrogen) atoms. The maximum Gasteiger partial charge on any atom is 0.408 e. The number of ether oxygens (including phenoxy) is 1. The molecule has 0 aliphatic carbocycles. The fourth-order valence-corrected chi connectivity index (χ4v) is 1.77. The summed E-state index contributed by atoms with van der Waals surface area (Å²) < 4.78 is 4.97. The number of rotatable bonds is 4. The lowest BCUT2D eigenvalue weighted by Gasteiger charge is -2.10. The molecular weight excluding hydrogens is 262 g/mol. The molecular formula is C13H15N3O4. The van der Waals surface area contributed by atoms with Gasteiger partial charge in [0.25, 0.3) is 0 Å². The normalized spacial score (nSPS) is 17.8. The van der Waals surface area contributed by atoms with Crippen LogP contribution in [0, 0.1) is 0 Å². The highest BCUT2D eigenvalue weighted by molar-refractivity contribution is 6.06. The highest BCUT2D eigenvalue weighted by Gasteiger charge is 2.32. The van der Waals surface area contributed by atoms with Crippen molar-refractivity contribution >= 4 is 17.9 Å². The van der Waals surface area contributed by atoms with Gasteiger partial charge in [0.05, 0.1) is 6.42 Å². The van der Waals surface area contributed by atoms with Gasteiger partial charge in [0.15, 0.2) is 0 Å². The second-order valence-electron chi connectivity index (χ2n) is 4.41. The van der Waals surface area contributed by atoms with E-state index in [-0.39, 0.29) is 13.0 Å². The molecule has 7 heteroatoms. The Morgan fingerprint density at radius 1 is 1.30 bits per heavy atom. The average molecular weight is 277 g/mol. The van der Waals surface area contributed by atoms with Gasteiger partial charge >= 0.3 is 6.09 Å². The molecule has 1 heterocycles. The van der Waals surface area contributed by atoms with Crippen molar-refractivity contribution in [3.8, 4) is 0 Å². The van der Waals surface area contributed by atoms with Crippen LogP contribution < -0.4 is 16.4 Å². The molecule has 1 aliphatic heterocycles. The summed E-state index contributed by atoms with van der Waals surface area (Å²) in [7, 11) is 0. The third-order valence-corrected chi connectivity index (χ3v) is 2.89. The second kappa shape index (κ2) is 6.16. The summed E-state index contributed by atoms with van der Waals surface area (Å²) in [6.07, 6.45) is -0.790.